The number of aryl methyl sites for hydroxylation is 2. The van der Waals surface area contributed by atoms with Crippen LogP contribution in [-0.4, -0.2) is 32.8 Å². The number of aromatic nitrogens is 2. The van der Waals surface area contributed by atoms with E-state index in [4.69, 9.17) is 0 Å². The first-order valence-corrected chi connectivity index (χ1v) is 6.16. The largest absolute Gasteiger partial charge is 0.428 e. The number of hydrogen-bond acceptors (Lipinski definition) is 2. The summed E-state index contributed by atoms with van der Waals surface area (Å²) in [6.45, 7) is 1.68. The molecule has 0 aliphatic rings. The first-order valence-electron chi connectivity index (χ1n) is 6.16. The van der Waals surface area contributed by atoms with Gasteiger partial charge in [0.25, 0.3) is 5.60 Å². The summed E-state index contributed by atoms with van der Waals surface area (Å²) in [5.41, 5.74) is -3.24. The predicted octanol–water partition coefficient (Wildman–Crippen LogP) is 3.51. The Morgan fingerprint density at radius 1 is 1.05 bits per heavy atom. The lowest BCUT2D eigenvalue weighted by molar-refractivity contribution is -0.372. The molecule has 0 aliphatic carbocycles. The van der Waals surface area contributed by atoms with Crippen molar-refractivity contribution in [2.45, 2.75) is 38.3 Å². The highest BCUT2D eigenvalue weighted by molar-refractivity contribution is 5.83. The fraction of sp³-hybridized carbons (Fsp3) is 0.462. The van der Waals surface area contributed by atoms with Gasteiger partial charge in [0.1, 0.15) is 0 Å². The van der Waals surface area contributed by atoms with Crippen molar-refractivity contribution in [2.24, 2.45) is 0 Å². The lowest BCUT2D eigenvalue weighted by Gasteiger charge is -2.32. The van der Waals surface area contributed by atoms with Crippen LogP contribution in [0.1, 0.15) is 11.1 Å². The van der Waals surface area contributed by atoms with Crippen molar-refractivity contribution in [3.8, 4) is 0 Å². The molecule has 0 atom stereocenters. The van der Waals surface area contributed by atoms with E-state index >= 15 is 0 Å². The first kappa shape index (κ1) is 16.6. The molecule has 9 heteroatoms. The minimum absolute atomic E-state index is 0.0926. The molecule has 0 saturated carbocycles. The van der Waals surface area contributed by atoms with E-state index < -0.39 is 24.5 Å². The maximum atomic E-state index is 12.7. The van der Waals surface area contributed by atoms with Crippen molar-refractivity contribution in [2.75, 3.05) is 0 Å². The summed E-state index contributed by atoms with van der Waals surface area (Å²) in [6.07, 6.45) is -10.6. The van der Waals surface area contributed by atoms with Gasteiger partial charge in [-0.1, -0.05) is 6.07 Å². The number of hydrogen-bond donors (Lipinski definition) is 1. The lowest BCUT2D eigenvalue weighted by atomic mass is 10.0. The lowest BCUT2D eigenvalue weighted by Crippen LogP contribution is -2.59. The number of halogens is 6. The number of rotatable bonds is 2. The van der Waals surface area contributed by atoms with Crippen molar-refractivity contribution in [1.29, 1.82) is 0 Å². The molecular formula is C13H12F6N2O. The first-order chi connectivity index (χ1) is 9.88. The average molecular weight is 326 g/mol. The number of benzene rings is 1. The van der Waals surface area contributed by atoms with Crippen molar-refractivity contribution >= 4 is 10.9 Å². The minimum Gasteiger partial charge on any atom is -0.372 e. The van der Waals surface area contributed by atoms with Crippen LogP contribution in [0.3, 0.4) is 0 Å². The van der Waals surface area contributed by atoms with Gasteiger partial charge < -0.3 is 5.11 Å². The Hall–Kier alpha value is -1.77. The van der Waals surface area contributed by atoms with Crippen molar-refractivity contribution in [3.05, 3.63) is 29.5 Å². The third-order valence-electron chi connectivity index (χ3n) is 3.68. The number of fused-ring (bicyclic) bond motifs is 1. The highest BCUT2D eigenvalue weighted by Gasteiger charge is 2.70. The second kappa shape index (κ2) is 4.87. The normalized spacial score (nSPS) is 13.9. The molecule has 1 aromatic heterocycles. The smallest absolute Gasteiger partial charge is 0.372 e. The number of alkyl halides is 6. The SMILES string of the molecule is Cc1ccc2c(cnn2CC(O)(C(F)(F)F)C(F)(F)F)c1C. The van der Waals surface area contributed by atoms with Crippen LogP contribution in [0.4, 0.5) is 26.3 Å². The molecule has 1 aromatic carbocycles. The Labute approximate surface area is 121 Å². The van der Waals surface area contributed by atoms with Crippen LogP contribution in [0.2, 0.25) is 0 Å². The highest BCUT2D eigenvalue weighted by Crippen LogP contribution is 2.44. The van der Waals surface area contributed by atoms with Crippen LogP contribution < -0.4 is 0 Å². The van der Waals surface area contributed by atoms with Crippen molar-refractivity contribution < 1.29 is 31.4 Å². The van der Waals surface area contributed by atoms with E-state index in [1.165, 1.54) is 12.3 Å². The third-order valence-corrected chi connectivity index (χ3v) is 3.68. The Bertz CT molecular complexity index is 687. The topological polar surface area (TPSA) is 38.0 Å². The van der Waals surface area contributed by atoms with E-state index in [1.54, 1.807) is 19.9 Å². The summed E-state index contributed by atoms with van der Waals surface area (Å²) in [6, 6.07) is 2.94. The molecule has 0 fully saturated rings. The van der Waals surface area contributed by atoms with E-state index in [0.29, 0.717) is 15.6 Å². The summed E-state index contributed by atoms with van der Waals surface area (Å²) in [5, 5.41) is 13.2. The molecule has 1 N–H and O–H groups in total. The third kappa shape index (κ3) is 2.43. The van der Waals surface area contributed by atoms with Crippen LogP contribution in [0, 0.1) is 13.8 Å². The Kier molecular flexibility index (Phi) is 3.67. The molecule has 1 heterocycles. The van der Waals surface area contributed by atoms with E-state index in [0.717, 1.165) is 5.56 Å². The van der Waals surface area contributed by atoms with E-state index in [9.17, 15) is 31.4 Å². The maximum absolute atomic E-state index is 12.7. The molecule has 0 unspecified atom stereocenters. The van der Waals surface area contributed by atoms with Gasteiger partial charge in [-0.15, -0.1) is 0 Å². The standard InChI is InChI=1S/C13H12F6N2O/c1-7-3-4-10-9(8(7)2)5-20-21(10)6-11(22,12(14,15)16)13(17,18)19/h3-5,22H,6H2,1-2H3. The molecule has 0 amide bonds. The molecule has 0 saturated heterocycles. The summed E-state index contributed by atoms with van der Waals surface area (Å²) in [4.78, 5) is 0. The number of aliphatic hydroxyl groups is 1. The summed E-state index contributed by atoms with van der Waals surface area (Å²) < 4.78 is 76.9. The van der Waals surface area contributed by atoms with Crippen molar-refractivity contribution in [3.63, 3.8) is 0 Å². The van der Waals surface area contributed by atoms with E-state index in [2.05, 4.69) is 5.10 Å². The molecule has 0 bridgehead atoms. The molecule has 122 valence electrons. The molecule has 2 aromatic rings. The zero-order valence-electron chi connectivity index (χ0n) is 11.5. The molecule has 0 spiro atoms. The van der Waals surface area contributed by atoms with Gasteiger partial charge in [0.15, 0.2) is 0 Å². The van der Waals surface area contributed by atoms with Gasteiger partial charge in [-0.05, 0) is 31.0 Å². The summed E-state index contributed by atoms with van der Waals surface area (Å²) in [7, 11) is 0. The van der Waals surface area contributed by atoms with Crippen LogP contribution >= 0.6 is 0 Å². The summed E-state index contributed by atoms with van der Waals surface area (Å²) in [5.74, 6) is 0. The van der Waals surface area contributed by atoms with Gasteiger partial charge in [-0.25, -0.2) is 0 Å². The second-order valence-electron chi connectivity index (χ2n) is 5.10. The van der Waals surface area contributed by atoms with Gasteiger partial charge in [-0.3, -0.25) is 4.68 Å². The fourth-order valence-corrected chi connectivity index (χ4v) is 2.08. The van der Waals surface area contributed by atoms with Crippen LogP contribution in [0.25, 0.3) is 10.9 Å². The molecule has 22 heavy (non-hydrogen) atoms. The quantitative estimate of drug-likeness (QED) is 0.858. The fourth-order valence-electron chi connectivity index (χ4n) is 2.08. The van der Waals surface area contributed by atoms with Gasteiger partial charge in [-0.2, -0.15) is 31.4 Å². The van der Waals surface area contributed by atoms with Crippen LogP contribution in [-0.2, 0) is 6.54 Å². The van der Waals surface area contributed by atoms with Gasteiger partial charge >= 0.3 is 12.4 Å². The van der Waals surface area contributed by atoms with Crippen LogP contribution in [0.15, 0.2) is 18.3 Å². The predicted molar refractivity (Wildman–Crippen MR) is 66.3 cm³/mol. The maximum Gasteiger partial charge on any atom is 0.428 e. The highest BCUT2D eigenvalue weighted by atomic mass is 19.4. The van der Waals surface area contributed by atoms with Gasteiger partial charge in [0.2, 0.25) is 0 Å². The minimum atomic E-state index is -5.87. The van der Waals surface area contributed by atoms with Crippen LogP contribution in [0.5, 0.6) is 0 Å². The zero-order valence-corrected chi connectivity index (χ0v) is 11.5. The number of nitrogens with zero attached hydrogens (tertiary/aromatic N) is 2. The van der Waals surface area contributed by atoms with E-state index in [1.807, 2.05) is 0 Å². The van der Waals surface area contributed by atoms with Gasteiger partial charge in [0, 0.05) is 5.39 Å². The molecule has 0 aliphatic heterocycles. The van der Waals surface area contributed by atoms with Crippen molar-refractivity contribution in [1.82, 2.24) is 9.78 Å². The monoisotopic (exact) mass is 326 g/mol. The average Bonchev–Trinajstić information content (AvgIpc) is 2.75. The summed E-state index contributed by atoms with van der Waals surface area (Å²) >= 11 is 0. The molecule has 3 nitrogen and oxygen atoms in total. The Morgan fingerprint density at radius 3 is 2.09 bits per heavy atom. The molecular weight excluding hydrogens is 314 g/mol. The van der Waals surface area contributed by atoms with Gasteiger partial charge in [0.05, 0.1) is 18.3 Å². The molecule has 0 radical (unpaired) electrons. The Morgan fingerprint density at radius 2 is 1.59 bits per heavy atom. The zero-order chi connectivity index (χ0) is 16.9. The van der Waals surface area contributed by atoms with E-state index in [-0.39, 0.29) is 5.52 Å². The second-order valence-corrected chi connectivity index (χ2v) is 5.10. The Balaban J connectivity index is 2.56. The molecule has 2 rings (SSSR count).